The van der Waals surface area contributed by atoms with Crippen molar-refractivity contribution < 1.29 is 9.47 Å². The summed E-state index contributed by atoms with van der Waals surface area (Å²) >= 11 is 0. The summed E-state index contributed by atoms with van der Waals surface area (Å²) < 4.78 is 12.7. The quantitative estimate of drug-likeness (QED) is 0.319. The number of rotatable bonds is 8. The average Bonchev–Trinajstić information content (AvgIpc) is 3.12. The van der Waals surface area contributed by atoms with Crippen LogP contribution in [0.4, 0.5) is 0 Å². The van der Waals surface area contributed by atoms with Crippen LogP contribution in [0.25, 0.3) is 0 Å². The number of methoxy groups -OCH3 is 2. The van der Waals surface area contributed by atoms with E-state index >= 15 is 0 Å². The Morgan fingerprint density at radius 3 is 2.52 bits per heavy atom. The second-order valence-electron chi connectivity index (χ2n) is 6.85. The first-order chi connectivity index (χ1) is 13.4. The normalized spacial score (nSPS) is 13.4. The molecule has 2 N–H and O–H groups in total. The van der Waals surface area contributed by atoms with Crippen LogP contribution in [-0.2, 0) is 7.05 Å². The van der Waals surface area contributed by atoms with Crippen LogP contribution in [0.2, 0.25) is 0 Å². The Bertz CT molecular complexity index is 793. The Hall–Kier alpha value is -2.01. The van der Waals surface area contributed by atoms with Crippen LogP contribution in [0.3, 0.4) is 0 Å². The smallest absolute Gasteiger partial charge is 0.191 e. The van der Waals surface area contributed by atoms with Crippen LogP contribution in [0.1, 0.15) is 30.1 Å². The third kappa shape index (κ3) is 6.77. The van der Waals surface area contributed by atoms with Gasteiger partial charge < -0.3 is 25.0 Å². The molecule has 0 saturated heterocycles. The van der Waals surface area contributed by atoms with Crippen molar-refractivity contribution in [3.05, 3.63) is 41.7 Å². The van der Waals surface area contributed by atoms with Gasteiger partial charge in [0.25, 0.3) is 0 Å². The maximum absolute atomic E-state index is 5.50. The number of benzene rings is 1. The van der Waals surface area contributed by atoms with Crippen LogP contribution < -0.4 is 20.1 Å². The highest BCUT2D eigenvalue weighted by atomic mass is 127. The highest BCUT2D eigenvalue weighted by molar-refractivity contribution is 14.0. The zero-order valence-electron chi connectivity index (χ0n) is 18.3. The molecule has 0 radical (unpaired) electrons. The van der Waals surface area contributed by atoms with Crippen molar-refractivity contribution in [2.75, 3.05) is 41.9 Å². The summed E-state index contributed by atoms with van der Waals surface area (Å²) in [6, 6.07) is 5.92. The van der Waals surface area contributed by atoms with E-state index in [-0.39, 0.29) is 36.1 Å². The molecule has 0 aliphatic carbocycles. The molecule has 162 valence electrons. The predicted molar refractivity (Wildman–Crippen MR) is 128 cm³/mol. The Morgan fingerprint density at radius 1 is 1.28 bits per heavy atom. The van der Waals surface area contributed by atoms with E-state index in [9.17, 15) is 0 Å². The lowest BCUT2D eigenvalue weighted by Gasteiger charge is -2.26. The van der Waals surface area contributed by atoms with Crippen LogP contribution in [0.15, 0.2) is 35.6 Å². The first kappa shape index (κ1) is 25.0. The van der Waals surface area contributed by atoms with Gasteiger partial charge in [0, 0.05) is 38.0 Å². The van der Waals surface area contributed by atoms with Crippen molar-refractivity contribution in [2.24, 2.45) is 12.0 Å². The summed E-state index contributed by atoms with van der Waals surface area (Å²) in [6.07, 6.45) is 3.93. The minimum absolute atomic E-state index is 0. The lowest BCUT2D eigenvalue weighted by molar-refractivity contribution is 0.298. The Morgan fingerprint density at radius 2 is 2.00 bits per heavy atom. The van der Waals surface area contributed by atoms with Crippen molar-refractivity contribution in [2.45, 2.75) is 19.0 Å². The maximum atomic E-state index is 5.50. The fourth-order valence-electron chi connectivity index (χ4n) is 3.06. The molecule has 0 aliphatic rings. The highest BCUT2D eigenvalue weighted by Crippen LogP contribution is 2.29. The van der Waals surface area contributed by atoms with Gasteiger partial charge in [-0.05, 0) is 39.2 Å². The summed E-state index contributed by atoms with van der Waals surface area (Å²) in [6.45, 7) is 2.76. The molecule has 0 spiro atoms. The molecule has 0 amide bonds. The molecule has 0 saturated carbocycles. The molecule has 29 heavy (non-hydrogen) atoms. The van der Waals surface area contributed by atoms with E-state index in [2.05, 4.69) is 46.6 Å². The van der Waals surface area contributed by atoms with Crippen LogP contribution >= 0.6 is 24.0 Å². The van der Waals surface area contributed by atoms with Gasteiger partial charge in [-0.2, -0.15) is 5.10 Å². The molecule has 9 heteroatoms. The van der Waals surface area contributed by atoms with Gasteiger partial charge in [0.15, 0.2) is 5.96 Å². The monoisotopic (exact) mass is 516 g/mol. The van der Waals surface area contributed by atoms with Crippen molar-refractivity contribution in [1.29, 1.82) is 0 Å². The van der Waals surface area contributed by atoms with E-state index in [0.29, 0.717) is 12.5 Å². The zero-order chi connectivity index (χ0) is 20.7. The molecule has 2 aromatic rings. The number of aliphatic imine (C=N–C) groups is 1. The standard InChI is InChI=1S/C20H32N6O2.HI/c1-14(17-10-16(27-6)8-9-19(17)28-7)24-20(21-2)22-12-18(25(3)4)15-11-23-26(5)13-15;/h8-11,13-14,18H,12H2,1-7H3,(H2,21,22,24);1H. The lowest BCUT2D eigenvalue weighted by Crippen LogP contribution is -2.42. The summed E-state index contributed by atoms with van der Waals surface area (Å²) in [5, 5.41) is 11.1. The van der Waals surface area contributed by atoms with Crippen molar-refractivity contribution >= 4 is 29.9 Å². The Labute approximate surface area is 190 Å². The van der Waals surface area contributed by atoms with Crippen molar-refractivity contribution in [3.63, 3.8) is 0 Å². The van der Waals surface area contributed by atoms with Gasteiger partial charge in [-0.25, -0.2) is 0 Å². The SMILES string of the molecule is CN=C(NCC(c1cnn(C)c1)N(C)C)NC(C)c1cc(OC)ccc1OC.I. The summed E-state index contributed by atoms with van der Waals surface area (Å²) in [7, 11) is 11.1. The van der Waals surface area contributed by atoms with Gasteiger partial charge in [-0.3, -0.25) is 9.67 Å². The molecule has 0 fully saturated rings. The van der Waals surface area contributed by atoms with Gasteiger partial charge in [0.05, 0.1) is 32.5 Å². The number of ether oxygens (including phenoxy) is 2. The first-order valence-corrected chi connectivity index (χ1v) is 9.23. The second-order valence-corrected chi connectivity index (χ2v) is 6.85. The molecule has 8 nitrogen and oxygen atoms in total. The number of hydrogen-bond acceptors (Lipinski definition) is 5. The van der Waals surface area contributed by atoms with Crippen LogP contribution in [0, 0.1) is 0 Å². The van der Waals surface area contributed by atoms with E-state index < -0.39 is 0 Å². The van der Waals surface area contributed by atoms with Crippen molar-refractivity contribution in [3.8, 4) is 11.5 Å². The number of nitrogens with one attached hydrogen (secondary N) is 2. The molecule has 2 atom stereocenters. The molecule has 1 aromatic carbocycles. The summed E-state index contributed by atoms with van der Waals surface area (Å²) in [5.41, 5.74) is 2.15. The van der Waals surface area contributed by atoms with Gasteiger partial charge in [-0.15, -0.1) is 24.0 Å². The second kappa shape index (κ2) is 11.9. The molecular weight excluding hydrogens is 483 g/mol. The Balaban J connectivity index is 0.00000420. The predicted octanol–water partition coefficient (Wildman–Crippen LogP) is 2.58. The fourth-order valence-corrected chi connectivity index (χ4v) is 3.06. The topological polar surface area (TPSA) is 75.9 Å². The molecule has 0 aliphatic heterocycles. The zero-order valence-corrected chi connectivity index (χ0v) is 20.6. The number of hydrogen-bond donors (Lipinski definition) is 2. The number of halogens is 1. The molecule has 0 bridgehead atoms. The maximum Gasteiger partial charge on any atom is 0.191 e. The highest BCUT2D eigenvalue weighted by Gasteiger charge is 2.18. The van der Waals surface area contributed by atoms with E-state index in [4.69, 9.17) is 9.47 Å². The van der Waals surface area contributed by atoms with E-state index in [0.717, 1.165) is 22.6 Å². The van der Waals surface area contributed by atoms with Gasteiger partial charge >= 0.3 is 0 Å². The molecule has 2 rings (SSSR count). The Kier molecular flexibility index (Phi) is 10.2. The third-order valence-electron chi connectivity index (χ3n) is 4.68. The van der Waals surface area contributed by atoms with Crippen molar-refractivity contribution in [1.82, 2.24) is 25.3 Å². The van der Waals surface area contributed by atoms with E-state index in [1.807, 2.05) is 42.3 Å². The van der Waals surface area contributed by atoms with Crippen LogP contribution in [0.5, 0.6) is 11.5 Å². The number of likely N-dealkylation sites (N-methyl/N-ethyl adjacent to an activating group) is 1. The minimum atomic E-state index is -0.0209. The largest absolute Gasteiger partial charge is 0.497 e. The van der Waals surface area contributed by atoms with E-state index in [1.54, 1.807) is 21.3 Å². The average molecular weight is 516 g/mol. The number of nitrogens with zero attached hydrogens (tertiary/aromatic N) is 4. The molecular formula is C20H33IN6O2. The molecule has 1 heterocycles. The molecule has 2 unspecified atom stereocenters. The number of aromatic nitrogens is 2. The van der Waals surface area contributed by atoms with Gasteiger partial charge in [0.2, 0.25) is 0 Å². The summed E-state index contributed by atoms with van der Waals surface area (Å²) in [4.78, 5) is 6.52. The third-order valence-corrected chi connectivity index (χ3v) is 4.68. The van der Waals surface area contributed by atoms with Gasteiger partial charge in [0.1, 0.15) is 11.5 Å². The van der Waals surface area contributed by atoms with Gasteiger partial charge in [-0.1, -0.05) is 0 Å². The molecule has 1 aromatic heterocycles. The minimum Gasteiger partial charge on any atom is -0.497 e. The lowest BCUT2D eigenvalue weighted by atomic mass is 10.1. The first-order valence-electron chi connectivity index (χ1n) is 9.23. The van der Waals surface area contributed by atoms with Crippen LogP contribution in [-0.4, -0.2) is 62.5 Å². The fraction of sp³-hybridized carbons (Fsp3) is 0.500. The number of guanidine groups is 1. The number of aryl methyl sites for hydroxylation is 1. The summed E-state index contributed by atoms with van der Waals surface area (Å²) in [5.74, 6) is 2.31. The van der Waals surface area contributed by atoms with E-state index in [1.165, 1.54) is 0 Å².